The highest BCUT2D eigenvalue weighted by Gasteiger charge is 2.47. The number of benzene rings is 2. The third-order valence-electron chi connectivity index (χ3n) is 8.50. The number of amides is 1. The van der Waals surface area contributed by atoms with Crippen LogP contribution in [0.2, 0.25) is 0 Å². The molecule has 2 aliphatic heterocycles. The van der Waals surface area contributed by atoms with Gasteiger partial charge in [0.25, 0.3) is 0 Å². The molecule has 228 valence electrons. The van der Waals surface area contributed by atoms with Gasteiger partial charge in [-0.15, -0.1) is 0 Å². The largest absolute Gasteiger partial charge is 0.369 e. The number of carbonyl (C=O) groups is 1. The first kappa shape index (κ1) is 30.7. The quantitative estimate of drug-likeness (QED) is 0.199. The maximum atomic E-state index is 14.1. The molecular formula is C34H43N5O3S. The van der Waals surface area contributed by atoms with Gasteiger partial charge < -0.3 is 5.73 Å². The smallest absolute Gasteiger partial charge is 0.221 e. The molecule has 0 fully saturated rings. The molecule has 0 radical (unpaired) electrons. The van der Waals surface area contributed by atoms with Gasteiger partial charge in [-0.25, -0.2) is 8.42 Å². The molecule has 4 aromatic rings. The third-order valence-corrected chi connectivity index (χ3v) is 10.4. The Morgan fingerprint density at radius 1 is 0.744 bits per heavy atom. The highest BCUT2D eigenvalue weighted by atomic mass is 32.2. The standard InChI is InChI=1S/C34H43N5O3S/c1-17(2)23-11-24(21-13-36-38(9)15-21)31(27(18(3)4)25(23)12-26(35)40)32-28(19(5)6)33-30(22-14-37-39(10)16-22)34(43(33,41)42)29(32)20(7)8/h11,13-20H,12H2,1-10H3,(H2,35,40). The summed E-state index contributed by atoms with van der Waals surface area (Å²) in [6.45, 7) is 16.8. The number of hydrogen-bond acceptors (Lipinski definition) is 5. The number of fused-ring (bicyclic) bond motifs is 2. The third kappa shape index (κ3) is 4.82. The van der Waals surface area contributed by atoms with Gasteiger partial charge >= 0.3 is 0 Å². The van der Waals surface area contributed by atoms with Crippen LogP contribution in [0.4, 0.5) is 0 Å². The molecule has 0 unspecified atom stereocenters. The zero-order valence-corrected chi connectivity index (χ0v) is 27.7. The Bertz CT molecular complexity index is 1830. The summed E-state index contributed by atoms with van der Waals surface area (Å²) in [7, 11) is 0.0678. The number of nitrogens with zero attached hydrogens (tertiary/aromatic N) is 4. The van der Waals surface area contributed by atoms with Crippen LogP contribution >= 0.6 is 0 Å². The Morgan fingerprint density at radius 2 is 1.23 bits per heavy atom. The van der Waals surface area contributed by atoms with E-state index in [4.69, 9.17) is 5.73 Å². The van der Waals surface area contributed by atoms with E-state index in [1.165, 1.54) is 0 Å². The van der Waals surface area contributed by atoms with E-state index in [-0.39, 0.29) is 36.0 Å². The van der Waals surface area contributed by atoms with E-state index in [1.807, 2.05) is 32.7 Å². The maximum absolute atomic E-state index is 14.1. The predicted octanol–water partition coefficient (Wildman–Crippen LogP) is 6.82. The number of carbonyl (C=O) groups excluding carboxylic acids is 1. The summed E-state index contributed by atoms with van der Waals surface area (Å²) in [5.41, 5.74) is 16.0. The first-order valence-electron chi connectivity index (χ1n) is 15.0. The molecule has 0 aliphatic carbocycles. The van der Waals surface area contributed by atoms with E-state index < -0.39 is 9.84 Å². The molecule has 9 heteroatoms. The van der Waals surface area contributed by atoms with Crippen LogP contribution in [-0.2, 0) is 35.1 Å². The first-order valence-corrected chi connectivity index (χ1v) is 16.5. The highest BCUT2D eigenvalue weighted by molar-refractivity contribution is 7.93. The summed E-state index contributed by atoms with van der Waals surface area (Å²) in [5, 5.41) is 8.87. The van der Waals surface area contributed by atoms with Crippen molar-refractivity contribution in [3.8, 4) is 33.4 Å². The molecule has 0 saturated carbocycles. The molecule has 0 saturated heterocycles. The van der Waals surface area contributed by atoms with Crippen LogP contribution in [0.5, 0.6) is 0 Å². The fourth-order valence-electron chi connectivity index (χ4n) is 6.89. The van der Waals surface area contributed by atoms with Gasteiger partial charge in [0.2, 0.25) is 15.7 Å². The highest BCUT2D eigenvalue weighted by Crippen LogP contribution is 2.59. The Labute approximate surface area is 255 Å². The van der Waals surface area contributed by atoms with Crippen LogP contribution in [0, 0.1) is 0 Å². The number of rotatable bonds is 9. The Morgan fingerprint density at radius 3 is 1.63 bits per heavy atom. The summed E-state index contributed by atoms with van der Waals surface area (Å²) in [6.07, 6.45) is 7.60. The zero-order chi connectivity index (χ0) is 31.7. The fraction of sp³-hybridized carbons (Fsp3) is 0.441. The topological polar surface area (TPSA) is 113 Å². The molecule has 4 heterocycles. The lowest BCUT2D eigenvalue weighted by Crippen LogP contribution is -2.26. The minimum atomic E-state index is -3.67. The zero-order valence-electron chi connectivity index (χ0n) is 26.9. The van der Waals surface area contributed by atoms with Gasteiger partial charge in [0.1, 0.15) is 0 Å². The second-order valence-corrected chi connectivity index (χ2v) is 14.9. The minimum Gasteiger partial charge on any atom is -0.369 e. The fourth-order valence-corrected chi connectivity index (χ4v) is 9.17. The van der Waals surface area contributed by atoms with Gasteiger partial charge in [0, 0.05) is 43.2 Å². The molecule has 2 bridgehead atoms. The van der Waals surface area contributed by atoms with Gasteiger partial charge in [0.15, 0.2) is 0 Å². The molecule has 0 atom stereocenters. The van der Waals surface area contributed by atoms with Crippen LogP contribution in [0.25, 0.3) is 33.4 Å². The van der Waals surface area contributed by atoms with Crippen molar-refractivity contribution in [1.82, 2.24) is 19.6 Å². The van der Waals surface area contributed by atoms with Crippen LogP contribution < -0.4 is 5.73 Å². The molecule has 0 spiro atoms. The Hall–Kier alpha value is -3.72. The summed E-state index contributed by atoms with van der Waals surface area (Å²) in [6, 6.07) is 2.18. The van der Waals surface area contributed by atoms with Gasteiger partial charge in [-0.1, -0.05) is 55.4 Å². The van der Waals surface area contributed by atoms with Crippen LogP contribution in [0.1, 0.15) is 107 Å². The van der Waals surface area contributed by atoms with E-state index in [9.17, 15) is 13.2 Å². The summed E-state index contributed by atoms with van der Waals surface area (Å²) in [5.74, 6) is -0.432. The number of primary amides is 1. The van der Waals surface area contributed by atoms with Crippen molar-refractivity contribution >= 4 is 15.7 Å². The number of nitrogens with two attached hydrogens (primary N) is 1. The molecule has 43 heavy (non-hydrogen) atoms. The van der Waals surface area contributed by atoms with Crippen LogP contribution in [0.3, 0.4) is 0 Å². The molecule has 1 amide bonds. The number of hydrogen-bond donors (Lipinski definition) is 1. The van der Waals surface area contributed by atoms with Crippen molar-refractivity contribution < 1.29 is 13.2 Å². The monoisotopic (exact) mass is 601 g/mol. The van der Waals surface area contributed by atoms with Crippen molar-refractivity contribution in [3.05, 3.63) is 58.7 Å². The van der Waals surface area contributed by atoms with Gasteiger partial charge in [0.05, 0.1) is 28.6 Å². The van der Waals surface area contributed by atoms with Crippen molar-refractivity contribution in [2.75, 3.05) is 0 Å². The summed E-state index contributed by atoms with van der Waals surface area (Å²) in [4.78, 5) is 13.3. The van der Waals surface area contributed by atoms with Gasteiger partial charge in [-0.2, -0.15) is 10.2 Å². The first-order chi connectivity index (χ1) is 20.1. The predicted molar refractivity (Wildman–Crippen MR) is 171 cm³/mol. The second-order valence-electron chi connectivity index (χ2n) is 13.1. The van der Waals surface area contributed by atoms with E-state index in [2.05, 4.69) is 71.7 Å². The van der Waals surface area contributed by atoms with Crippen molar-refractivity contribution in [2.45, 2.75) is 95.3 Å². The number of aryl methyl sites for hydroxylation is 2. The van der Waals surface area contributed by atoms with Crippen molar-refractivity contribution in [2.24, 2.45) is 19.8 Å². The van der Waals surface area contributed by atoms with Crippen LogP contribution in [0.15, 0.2) is 40.6 Å². The Kier molecular flexibility index (Phi) is 7.70. The minimum absolute atomic E-state index is 0.0272. The maximum Gasteiger partial charge on any atom is 0.221 e. The van der Waals surface area contributed by atoms with Crippen molar-refractivity contribution in [3.63, 3.8) is 0 Å². The van der Waals surface area contributed by atoms with Crippen molar-refractivity contribution in [1.29, 1.82) is 0 Å². The number of sulfone groups is 1. The SMILES string of the molecule is CC(C)c1cc(-c2cnn(C)c2)c(-c2c(C(C)C)c3c(-c4cnn(C)c4)c(c2C(C)C)S3(=O)=O)c(C(C)C)c1CC(N)=O. The van der Waals surface area contributed by atoms with E-state index in [0.717, 1.165) is 61.2 Å². The molecule has 6 rings (SSSR count). The van der Waals surface area contributed by atoms with E-state index in [1.54, 1.807) is 15.6 Å². The molecular weight excluding hydrogens is 558 g/mol. The van der Waals surface area contributed by atoms with Gasteiger partial charge in [-0.05, 0) is 74.2 Å². The summed E-state index contributed by atoms with van der Waals surface area (Å²) >= 11 is 0. The molecule has 2 N–H and O–H groups in total. The van der Waals surface area contributed by atoms with E-state index in [0.29, 0.717) is 9.79 Å². The molecule has 2 aromatic carbocycles. The number of aromatic nitrogens is 4. The normalized spacial score (nSPS) is 13.9. The van der Waals surface area contributed by atoms with Crippen LogP contribution in [-0.4, -0.2) is 33.9 Å². The molecule has 2 aromatic heterocycles. The Balaban J connectivity index is 2.07. The lowest BCUT2D eigenvalue weighted by molar-refractivity contribution is -0.117. The van der Waals surface area contributed by atoms with E-state index >= 15 is 0 Å². The lowest BCUT2D eigenvalue weighted by atomic mass is 9.73. The molecule has 8 nitrogen and oxygen atoms in total. The average molecular weight is 602 g/mol. The molecule has 2 aliphatic rings. The summed E-state index contributed by atoms with van der Waals surface area (Å²) < 4.78 is 31.7. The lowest BCUT2D eigenvalue weighted by Gasteiger charge is -2.37. The second kappa shape index (κ2) is 10.8. The van der Waals surface area contributed by atoms with Gasteiger partial charge in [-0.3, -0.25) is 14.2 Å². The average Bonchev–Trinajstić information content (AvgIpc) is 3.53.